The minimum Gasteiger partial charge on any atom is -0.394 e. The summed E-state index contributed by atoms with van der Waals surface area (Å²) < 4.78 is 0. The van der Waals surface area contributed by atoms with Crippen LogP contribution in [-0.4, -0.2) is 28.1 Å². The van der Waals surface area contributed by atoms with E-state index < -0.39 is 10.5 Å². The van der Waals surface area contributed by atoms with Crippen molar-refractivity contribution in [3.63, 3.8) is 0 Å². The Hall–Kier alpha value is -2.66. The molecular weight excluding hydrogens is 304 g/mol. The molecule has 5 nitrogen and oxygen atoms in total. The van der Waals surface area contributed by atoms with E-state index in [0.29, 0.717) is 6.54 Å². The highest BCUT2D eigenvalue weighted by molar-refractivity contribution is 5.36. The summed E-state index contributed by atoms with van der Waals surface area (Å²) in [6, 6.07) is 19.8. The fourth-order valence-electron chi connectivity index (χ4n) is 3.76. The molecule has 0 aliphatic carbocycles. The normalized spacial score (nSPS) is 23.7. The molecule has 3 rings (SSSR count). The highest BCUT2D eigenvalue weighted by Gasteiger charge is 2.49. The van der Waals surface area contributed by atoms with Gasteiger partial charge in [-0.15, -0.1) is 0 Å². The Balaban J connectivity index is 2.11. The molecule has 1 saturated heterocycles. The Morgan fingerprint density at radius 2 is 1.79 bits per heavy atom. The number of likely N-dealkylation sites (tertiary alicyclic amines) is 1. The molecule has 124 valence electrons. The van der Waals surface area contributed by atoms with Crippen molar-refractivity contribution in [1.82, 2.24) is 4.90 Å². The van der Waals surface area contributed by atoms with Crippen molar-refractivity contribution in [1.29, 1.82) is 0 Å². The van der Waals surface area contributed by atoms with E-state index in [-0.39, 0.29) is 12.5 Å². The lowest BCUT2D eigenvalue weighted by Crippen LogP contribution is -2.45. The first-order chi connectivity index (χ1) is 11.7. The molecule has 1 fully saturated rings. The molecule has 2 aromatic carbocycles. The average molecular weight is 324 g/mol. The van der Waals surface area contributed by atoms with Crippen LogP contribution in [0, 0.1) is 10.1 Å². The van der Waals surface area contributed by atoms with Crippen LogP contribution in [0.2, 0.25) is 0 Å². The second-order valence-electron chi connectivity index (χ2n) is 5.98. The lowest BCUT2D eigenvalue weighted by Gasteiger charge is -2.41. The third-order valence-corrected chi connectivity index (χ3v) is 4.83. The van der Waals surface area contributed by atoms with E-state index in [1.165, 1.54) is 6.20 Å². The Labute approximate surface area is 141 Å². The van der Waals surface area contributed by atoms with Gasteiger partial charge in [-0.25, -0.2) is 0 Å². The van der Waals surface area contributed by atoms with Gasteiger partial charge in [0.05, 0.1) is 23.3 Å². The summed E-state index contributed by atoms with van der Waals surface area (Å²) in [4.78, 5) is 12.2. The quantitative estimate of drug-likeness (QED) is 0.678. The predicted molar refractivity (Wildman–Crippen MR) is 91.8 cm³/mol. The number of nitro groups is 1. The number of aliphatic hydroxyl groups is 1. The number of hydrogen-bond acceptors (Lipinski definition) is 4. The van der Waals surface area contributed by atoms with E-state index in [2.05, 4.69) is 12.1 Å². The molecule has 0 saturated carbocycles. The standard InChI is InChI=1S/C19H20N2O3/c22-15-19(17-9-5-2-6-10-17)18(16-7-3-1-4-8-16)11-12-20(19)13-14-21(23)24/h1-10,13-14,18,22H,11-12,15H2/b14-13+. The maximum Gasteiger partial charge on any atom is 0.250 e. The van der Waals surface area contributed by atoms with Gasteiger partial charge in [0.25, 0.3) is 0 Å². The number of hydrogen-bond donors (Lipinski definition) is 1. The SMILES string of the molecule is O=[N+]([O-])/C=C/N1CCC(c2ccccc2)C1(CO)c1ccccc1. The van der Waals surface area contributed by atoms with E-state index in [9.17, 15) is 15.2 Å². The van der Waals surface area contributed by atoms with Gasteiger partial charge >= 0.3 is 0 Å². The number of rotatable bonds is 5. The van der Waals surface area contributed by atoms with E-state index >= 15 is 0 Å². The number of aliphatic hydroxyl groups excluding tert-OH is 1. The van der Waals surface area contributed by atoms with Crippen molar-refractivity contribution in [2.75, 3.05) is 13.2 Å². The third-order valence-electron chi connectivity index (χ3n) is 4.83. The molecule has 1 N–H and O–H groups in total. The van der Waals surface area contributed by atoms with Crippen molar-refractivity contribution in [2.24, 2.45) is 0 Å². The Morgan fingerprint density at radius 1 is 1.17 bits per heavy atom. The summed E-state index contributed by atoms with van der Waals surface area (Å²) in [5.74, 6) is 0.0579. The van der Waals surface area contributed by atoms with Gasteiger partial charge in [-0.3, -0.25) is 10.1 Å². The molecule has 0 aromatic heterocycles. The first-order valence-corrected chi connectivity index (χ1v) is 7.98. The summed E-state index contributed by atoms with van der Waals surface area (Å²) in [7, 11) is 0. The Bertz CT molecular complexity index is 718. The number of benzene rings is 2. The Morgan fingerprint density at radius 3 is 2.38 bits per heavy atom. The van der Waals surface area contributed by atoms with Crippen LogP contribution >= 0.6 is 0 Å². The highest BCUT2D eigenvalue weighted by Crippen LogP contribution is 2.49. The molecule has 2 aromatic rings. The molecule has 0 amide bonds. The molecule has 1 aliphatic heterocycles. The lowest BCUT2D eigenvalue weighted by molar-refractivity contribution is -0.403. The molecule has 0 bridgehead atoms. The smallest absolute Gasteiger partial charge is 0.250 e. The minimum absolute atomic E-state index is 0.0579. The van der Waals surface area contributed by atoms with Crippen LogP contribution in [0.25, 0.3) is 0 Å². The van der Waals surface area contributed by atoms with Crippen molar-refractivity contribution in [3.8, 4) is 0 Å². The van der Waals surface area contributed by atoms with Crippen molar-refractivity contribution in [3.05, 3.63) is 94.3 Å². The van der Waals surface area contributed by atoms with Crippen LogP contribution in [0.1, 0.15) is 23.5 Å². The second kappa shape index (κ2) is 6.84. The first kappa shape index (κ1) is 16.2. The molecule has 2 unspecified atom stereocenters. The first-order valence-electron chi connectivity index (χ1n) is 7.98. The molecule has 1 aliphatic rings. The fraction of sp³-hybridized carbons (Fsp3) is 0.263. The Kier molecular flexibility index (Phi) is 4.62. The molecule has 2 atom stereocenters. The molecular formula is C19H20N2O3. The summed E-state index contributed by atoms with van der Waals surface area (Å²) >= 11 is 0. The third kappa shape index (κ3) is 2.78. The summed E-state index contributed by atoms with van der Waals surface area (Å²) in [5.41, 5.74) is 1.40. The van der Waals surface area contributed by atoms with Gasteiger partial charge in [-0.05, 0) is 17.5 Å². The van der Waals surface area contributed by atoms with Crippen LogP contribution in [0.15, 0.2) is 73.1 Å². The summed E-state index contributed by atoms with van der Waals surface area (Å²) in [6.07, 6.45) is 3.26. The van der Waals surface area contributed by atoms with Crippen molar-refractivity contribution >= 4 is 0 Å². The van der Waals surface area contributed by atoms with Gasteiger partial charge in [0, 0.05) is 12.5 Å². The molecule has 24 heavy (non-hydrogen) atoms. The monoisotopic (exact) mass is 324 g/mol. The van der Waals surface area contributed by atoms with Gasteiger partial charge in [-0.1, -0.05) is 60.7 Å². The van der Waals surface area contributed by atoms with Crippen molar-refractivity contribution in [2.45, 2.75) is 17.9 Å². The van der Waals surface area contributed by atoms with E-state index in [0.717, 1.165) is 23.7 Å². The van der Waals surface area contributed by atoms with Crippen LogP contribution in [0.3, 0.4) is 0 Å². The van der Waals surface area contributed by atoms with E-state index in [1.807, 2.05) is 53.4 Å². The van der Waals surface area contributed by atoms with Crippen LogP contribution in [0.4, 0.5) is 0 Å². The van der Waals surface area contributed by atoms with Crippen LogP contribution in [0.5, 0.6) is 0 Å². The topological polar surface area (TPSA) is 66.6 Å². The maximum absolute atomic E-state index is 10.8. The predicted octanol–water partition coefficient (Wildman–Crippen LogP) is 3.11. The zero-order valence-corrected chi connectivity index (χ0v) is 13.3. The van der Waals surface area contributed by atoms with Crippen LogP contribution in [-0.2, 0) is 5.54 Å². The van der Waals surface area contributed by atoms with Crippen molar-refractivity contribution < 1.29 is 10.0 Å². The largest absolute Gasteiger partial charge is 0.394 e. The molecule has 0 spiro atoms. The molecule has 1 heterocycles. The van der Waals surface area contributed by atoms with E-state index in [4.69, 9.17) is 0 Å². The highest BCUT2D eigenvalue weighted by atomic mass is 16.6. The maximum atomic E-state index is 10.8. The summed E-state index contributed by atoms with van der Waals surface area (Å²) in [6.45, 7) is 0.540. The molecule has 0 radical (unpaired) electrons. The van der Waals surface area contributed by atoms with Gasteiger partial charge in [0.1, 0.15) is 0 Å². The molecule has 5 heteroatoms. The van der Waals surface area contributed by atoms with Gasteiger partial charge < -0.3 is 10.0 Å². The zero-order chi connectivity index (χ0) is 17.0. The van der Waals surface area contributed by atoms with Gasteiger partial charge in [0.15, 0.2) is 0 Å². The fourth-order valence-corrected chi connectivity index (χ4v) is 3.76. The lowest BCUT2D eigenvalue weighted by atomic mass is 9.75. The van der Waals surface area contributed by atoms with Gasteiger partial charge in [0.2, 0.25) is 6.20 Å². The van der Waals surface area contributed by atoms with Crippen LogP contribution < -0.4 is 0 Å². The second-order valence-corrected chi connectivity index (χ2v) is 5.98. The van der Waals surface area contributed by atoms with Gasteiger partial charge in [-0.2, -0.15) is 0 Å². The zero-order valence-electron chi connectivity index (χ0n) is 13.3. The summed E-state index contributed by atoms with van der Waals surface area (Å²) in [5, 5.41) is 21.2. The average Bonchev–Trinajstić information content (AvgIpc) is 3.01. The minimum atomic E-state index is -0.699. The van der Waals surface area contributed by atoms with E-state index in [1.54, 1.807) is 0 Å². The number of nitrogens with zero attached hydrogens (tertiary/aromatic N) is 2.